The van der Waals surface area contributed by atoms with Crippen LogP contribution in [0.2, 0.25) is 0 Å². The van der Waals surface area contributed by atoms with Crippen molar-refractivity contribution in [1.82, 2.24) is 15.3 Å². The van der Waals surface area contributed by atoms with E-state index in [2.05, 4.69) is 51.8 Å². The molecule has 2 aromatic rings. The van der Waals surface area contributed by atoms with E-state index in [0.29, 0.717) is 0 Å². The summed E-state index contributed by atoms with van der Waals surface area (Å²) in [6.07, 6.45) is 2.64. The number of aromatic nitrogens is 2. The molecule has 3 rings (SSSR count). The van der Waals surface area contributed by atoms with Crippen LogP contribution in [0, 0.1) is 0 Å². The number of nitrogens with zero attached hydrogens (tertiary/aromatic N) is 2. The Morgan fingerprint density at radius 1 is 1.21 bits per heavy atom. The molecule has 0 saturated heterocycles. The summed E-state index contributed by atoms with van der Waals surface area (Å²) in [4.78, 5) is 8.76. The van der Waals surface area contributed by atoms with Crippen molar-refractivity contribution in [3.8, 4) is 0 Å². The number of anilines is 1. The predicted molar refractivity (Wildman–Crippen MR) is 75.9 cm³/mol. The van der Waals surface area contributed by atoms with Crippen LogP contribution in [0.25, 0.3) is 0 Å². The van der Waals surface area contributed by atoms with Crippen LogP contribution in [0.1, 0.15) is 29.8 Å². The van der Waals surface area contributed by atoms with E-state index in [4.69, 9.17) is 0 Å². The molecule has 0 spiro atoms. The van der Waals surface area contributed by atoms with Crippen molar-refractivity contribution < 1.29 is 0 Å². The largest absolute Gasteiger partial charge is 0.363 e. The molecule has 0 saturated carbocycles. The molecule has 19 heavy (non-hydrogen) atoms. The SMILES string of the molecule is CC(Nc1ncnc2c1CNCC2)c1ccccc1. The Bertz CT molecular complexity index is 553. The highest BCUT2D eigenvalue weighted by Crippen LogP contribution is 2.23. The van der Waals surface area contributed by atoms with Crippen LogP contribution < -0.4 is 10.6 Å². The summed E-state index contributed by atoms with van der Waals surface area (Å²) in [7, 11) is 0. The Kier molecular flexibility index (Phi) is 3.42. The summed E-state index contributed by atoms with van der Waals surface area (Å²) in [5.74, 6) is 0.952. The monoisotopic (exact) mass is 254 g/mol. The van der Waals surface area contributed by atoms with E-state index in [0.717, 1.165) is 31.0 Å². The fourth-order valence-corrected chi connectivity index (χ4v) is 2.42. The minimum atomic E-state index is 0.238. The minimum Gasteiger partial charge on any atom is -0.363 e. The van der Waals surface area contributed by atoms with Gasteiger partial charge < -0.3 is 10.6 Å². The maximum absolute atomic E-state index is 4.40. The lowest BCUT2D eigenvalue weighted by Gasteiger charge is -2.22. The second kappa shape index (κ2) is 5.36. The standard InChI is InChI=1S/C15H18N4/c1-11(12-5-3-2-4-6-12)19-15-13-9-16-8-7-14(13)17-10-18-15/h2-6,10-11,16H,7-9H2,1H3,(H,17,18,19). The molecule has 1 aliphatic rings. The second-order valence-corrected chi connectivity index (χ2v) is 4.85. The van der Waals surface area contributed by atoms with Crippen LogP contribution in [-0.2, 0) is 13.0 Å². The van der Waals surface area contributed by atoms with Crippen molar-refractivity contribution in [2.24, 2.45) is 0 Å². The van der Waals surface area contributed by atoms with Crippen LogP contribution >= 0.6 is 0 Å². The maximum atomic E-state index is 4.40. The third-order valence-corrected chi connectivity index (χ3v) is 3.53. The fourth-order valence-electron chi connectivity index (χ4n) is 2.42. The van der Waals surface area contributed by atoms with Crippen LogP contribution in [0.4, 0.5) is 5.82 Å². The second-order valence-electron chi connectivity index (χ2n) is 4.85. The molecule has 4 heteroatoms. The first-order valence-corrected chi connectivity index (χ1v) is 6.69. The molecule has 1 aliphatic heterocycles. The highest BCUT2D eigenvalue weighted by atomic mass is 15.1. The number of fused-ring (bicyclic) bond motifs is 1. The molecule has 0 bridgehead atoms. The average Bonchev–Trinajstić information content (AvgIpc) is 2.48. The number of benzene rings is 1. The molecule has 0 aliphatic carbocycles. The van der Waals surface area contributed by atoms with Crippen molar-refractivity contribution in [2.75, 3.05) is 11.9 Å². The highest BCUT2D eigenvalue weighted by Gasteiger charge is 2.16. The average molecular weight is 254 g/mol. The van der Waals surface area contributed by atoms with Gasteiger partial charge in [-0.15, -0.1) is 0 Å². The van der Waals surface area contributed by atoms with Gasteiger partial charge in [0.05, 0.1) is 5.69 Å². The molecule has 2 heterocycles. The topological polar surface area (TPSA) is 49.8 Å². The van der Waals surface area contributed by atoms with Gasteiger partial charge in [-0.25, -0.2) is 9.97 Å². The van der Waals surface area contributed by atoms with E-state index >= 15 is 0 Å². The van der Waals surface area contributed by atoms with Gasteiger partial charge in [0.1, 0.15) is 12.1 Å². The van der Waals surface area contributed by atoms with Crippen molar-refractivity contribution in [3.05, 3.63) is 53.5 Å². The Morgan fingerprint density at radius 2 is 2.05 bits per heavy atom. The lowest BCUT2D eigenvalue weighted by molar-refractivity contribution is 0.625. The Labute approximate surface area is 113 Å². The molecular formula is C15H18N4. The van der Waals surface area contributed by atoms with E-state index in [1.54, 1.807) is 6.33 Å². The van der Waals surface area contributed by atoms with E-state index in [1.807, 2.05) is 6.07 Å². The number of hydrogen-bond acceptors (Lipinski definition) is 4. The summed E-state index contributed by atoms with van der Waals surface area (Å²) in [5, 5.41) is 6.87. The summed E-state index contributed by atoms with van der Waals surface area (Å²) in [6, 6.07) is 10.6. The fraction of sp³-hybridized carbons (Fsp3) is 0.333. The summed E-state index contributed by atoms with van der Waals surface area (Å²) >= 11 is 0. The summed E-state index contributed by atoms with van der Waals surface area (Å²) in [6.45, 7) is 4.00. The molecule has 0 radical (unpaired) electrons. The van der Waals surface area contributed by atoms with E-state index in [9.17, 15) is 0 Å². The van der Waals surface area contributed by atoms with E-state index in [-0.39, 0.29) is 6.04 Å². The van der Waals surface area contributed by atoms with Crippen molar-refractivity contribution in [3.63, 3.8) is 0 Å². The minimum absolute atomic E-state index is 0.238. The number of hydrogen-bond donors (Lipinski definition) is 2. The van der Waals surface area contributed by atoms with Gasteiger partial charge in [0, 0.05) is 31.1 Å². The molecule has 1 atom stereocenters. The lowest BCUT2D eigenvalue weighted by atomic mass is 10.1. The van der Waals surface area contributed by atoms with Crippen molar-refractivity contribution >= 4 is 5.82 Å². The molecule has 1 aromatic heterocycles. The van der Waals surface area contributed by atoms with Gasteiger partial charge in [0.25, 0.3) is 0 Å². The third kappa shape index (κ3) is 2.58. The van der Waals surface area contributed by atoms with Crippen LogP contribution in [0.5, 0.6) is 0 Å². The molecule has 1 unspecified atom stereocenters. The Balaban J connectivity index is 1.84. The normalized spacial score (nSPS) is 15.6. The Hall–Kier alpha value is -1.94. The lowest BCUT2D eigenvalue weighted by Crippen LogP contribution is -2.26. The quantitative estimate of drug-likeness (QED) is 0.882. The molecule has 98 valence electrons. The first-order valence-electron chi connectivity index (χ1n) is 6.69. The third-order valence-electron chi connectivity index (χ3n) is 3.53. The molecular weight excluding hydrogens is 236 g/mol. The molecule has 0 amide bonds. The van der Waals surface area contributed by atoms with E-state index in [1.165, 1.54) is 11.1 Å². The van der Waals surface area contributed by atoms with Crippen LogP contribution in [0.15, 0.2) is 36.7 Å². The highest BCUT2D eigenvalue weighted by molar-refractivity contribution is 5.48. The van der Waals surface area contributed by atoms with Crippen LogP contribution in [0.3, 0.4) is 0 Å². The zero-order valence-corrected chi connectivity index (χ0v) is 11.1. The first-order chi connectivity index (χ1) is 9.34. The zero-order valence-electron chi connectivity index (χ0n) is 11.1. The maximum Gasteiger partial charge on any atom is 0.134 e. The predicted octanol–water partition coefficient (Wildman–Crippen LogP) is 2.30. The summed E-state index contributed by atoms with van der Waals surface area (Å²) < 4.78 is 0. The zero-order chi connectivity index (χ0) is 13.1. The molecule has 1 aromatic carbocycles. The Morgan fingerprint density at radius 3 is 2.89 bits per heavy atom. The van der Waals surface area contributed by atoms with Gasteiger partial charge in [-0.1, -0.05) is 30.3 Å². The molecule has 0 fully saturated rings. The molecule has 4 nitrogen and oxygen atoms in total. The van der Waals surface area contributed by atoms with Crippen LogP contribution in [-0.4, -0.2) is 16.5 Å². The summed E-state index contributed by atoms with van der Waals surface area (Å²) in [5.41, 5.74) is 3.63. The van der Waals surface area contributed by atoms with Gasteiger partial charge in [0.15, 0.2) is 0 Å². The smallest absolute Gasteiger partial charge is 0.134 e. The number of rotatable bonds is 3. The van der Waals surface area contributed by atoms with Gasteiger partial charge in [0.2, 0.25) is 0 Å². The number of nitrogens with one attached hydrogen (secondary N) is 2. The van der Waals surface area contributed by atoms with Gasteiger partial charge in [-0.3, -0.25) is 0 Å². The molecule has 2 N–H and O–H groups in total. The first kappa shape index (κ1) is 12.1. The van der Waals surface area contributed by atoms with Crippen molar-refractivity contribution in [1.29, 1.82) is 0 Å². The van der Waals surface area contributed by atoms with Gasteiger partial charge >= 0.3 is 0 Å². The van der Waals surface area contributed by atoms with Gasteiger partial charge in [-0.05, 0) is 12.5 Å². The van der Waals surface area contributed by atoms with E-state index < -0.39 is 0 Å². The van der Waals surface area contributed by atoms with Crippen molar-refractivity contribution in [2.45, 2.75) is 25.9 Å². The van der Waals surface area contributed by atoms with Gasteiger partial charge in [-0.2, -0.15) is 0 Å².